The van der Waals surface area contributed by atoms with Gasteiger partial charge in [0.05, 0.1) is 29.8 Å². The van der Waals surface area contributed by atoms with E-state index >= 15 is 0 Å². The van der Waals surface area contributed by atoms with Crippen LogP contribution in [0.1, 0.15) is 34.7 Å². The molecular weight excluding hydrogens is 429 g/mol. The standard InChI is InChI=1S/C20H20FN3O6S/c21-14-5-3-13(4-6-14)19-18(20(26)27)17-9-15(12-1-2-12)16(10-24(17)23-19)22-11-30-31(28,29)8-7-25/h3-6,9-10,12,22,25H,1-2,7-8,11H2,(H,26,27). The zero-order chi connectivity index (χ0) is 22.2. The summed E-state index contributed by atoms with van der Waals surface area (Å²) in [4.78, 5) is 12.0. The van der Waals surface area contributed by atoms with E-state index in [1.54, 1.807) is 12.3 Å². The maximum Gasteiger partial charge on any atom is 0.340 e. The number of aromatic nitrogens is 2. The second-order valence-corrected chi connectivity index (χ2v) is 8.97. The van der Waals surface area contributed by atoms with Gasteiger partial charge in [0.15, 0.2) is 0 Å². The zero-order valence-corrected chi connectivity index (χ0v) is 17.1. The van der Waals surface area contributed by atoms with Gasteiger partial charge in [-0.05, 0) is 54.7 Å². The second-order valence-electron chi connectivity index (χ2n) is 7.21. The van der Waals surface area contributed by atoms with Crippen molar-refractivity contribution in [3.05, 3.63) is 53.5 Å². The van der Waals surface area contributed by atoms with Gasteiger partial charge in [-0.1, -0.05) is 0 Å². The molecule has 0 atom stereocenters. The van der Waals surface area contributed by atoms with Crippen LogP contribution in [-0.2, 0) is 14.3 Å². The van der Waals surface area contributed by atoms with Gasteiger partial charge in [-0.15, -0.1) is 0 Å². The summed E-state index contributed by atoms with van der Waals surface area (Å²) >= 11 is 0. The molecule has 0 saturated heterocycles. The highest BCUT2D eigenvalue weighted by Gasteiger charge is 2.29. The molecule has 1 aliphatic rings. The van der Waals surface area contributed by atoms with Crippen molar-refractivity contribution in [2.75, 3.05) is 24.4 Å². The summed E-state index contributed by atoms with van der Waals surface area (Å²) in [5, 5.41) is 25.9. The number of carboxylic acid groups (broad SMARTS) is 1. The van der Waals surface area contributed by atoms with E-state index < -0.39 is 34.3 Å². The Kier molecular flexibility index (Phi) is 5.65. The first-order valence-electron chi connectivity index (χ1n) is 9.56. The van der Waals surface area contributed by atoms with Crippen molar-refractivity contribution in [3.63, 3.8) is 0 Å². The first-order chi connectivity index (χ1) is 14.8. The highest BCUT2D eigenvalue weighted by atomic mass is 32.2. The number of carbonyl (C=O) groups is 1. The number of nitrogens with one attached hydrogen (secondary N) is 1. The Bertz CT molecular complexity index is 1240. The van der Waals surface area contributed by atoms with Crippen LogP contribution in [0.15, 0.2) is 36.5 Å². The summed E-state index contributed by atoms with van der Waals surface area (Å²) in [6.45, 7) is -0.884. The van der Waals surface area contributed by atoms with Crippen molar-refractivity contribution in [1.82, 2.24) is 9.61 Å². The summed E-state index contributed by atoms with van der Waals surface area (Å²) in [6, 6.07) is 7.12. The van der Waals surface area contributed by atoms with Crippen LogP contribution in [0.5, 0.6) is 0 Å². The monoisotopic (exact) mass is 449 g/mol. The number of benzene rings is 1. The number of fused-ring (bicyclic) bond motifs is 1. The number of carboxylic acids is 1. The van der Waals surface area contributed by atoms with Crippen LogP contribution in [-0.4, -0.2) is 53.3 Å². The van der Waals surface area contributed by atoms with Crippen LogP contribution in [0.3, 0.4) is 0 Å². The largest absolute Gasteiger partial charge is 0.478 e. The number of rotatable bonds is 9. The number of hydrogen-bond donors (Lipinski definition) is 3. The molecule has 9 nitrogen and oxygen atoms in total. The minimum atomic E-state index is -3.86. The molecule has 0 bridgehead atoms. The lowest BCUT2D eigenvalue weighted by Gasteiger charge is -2.13. The number of halogens is 1. The SMILES string of the molecule is O=C(O)c1c(-c2ccc(F)cc2)nn2cc(NCOS(=O)(=O)CCO)c(C3CC3)cc12. The predicted octanol–water partition coefficient (Wildman–Crippen LogP) is 2.42. The molecule has 1 fully saturated rings. The number of aromatic carboxylic acids is 1. The maximum atomic E-state index is 13.3. The molecule has 164 valence electrons. The van der Waals surface area contributed by atoms with Crippen molar-refractivity contribution in [3.8, 4) is 11.3 Å². The molecule has 3 aromatic rings. The van der Waals surface area contributed by atoms with E-state index in [1.807, 2.05) is 0 Å². The summed E-state index contributed by atoms with van der Waals surface area (Å²) < 4.78 is 42.8. The van der Waals surface area contributed by atoms with Gasteiger partial charge in [-0.3, -0.25) is 0 Å². The van der Waals surface area contributed by atoms with E-state index in [0.717, 1.165) is 18.4 Å². The third kappa shape index (κ3) is 4.53. The third-order valence-corrected chi connectivity index (χ3v) is 6.15. The Morgan fingerprint density at radius 3 is 2.61 bits per heavy atom. The highest BCUT2D eigenvalue weighted by Crippen LogP contribution is 2.44. The summed E-state index contributed by atoms with van der Waals surface area (Å²) in [5.74, 6) is -1.89. The molecule has 0 unspecified atom stereocenters. The van der Waals surface area contributed by atoms with E-state index in [0.29, 0.717) is 16.8 Å². The summed E-state index contributed by atoms with van der Waals surface area (Å²) in [5.41, 5.74) is 2.45. The molecule has 1 aliphatic carbocycles. The Labute approximate surface area is 177 Å². The third-order valence-electron chi connectivity index (χ3n) is 4.99. The highest BCUT2D eigenvalue weighted by molar-refractivity contribution is 7.86. The van der Waals surface area contributed by atoms with Gasteiger partial charge in [0.1, 0.15) is 23.8 Å². The van der Waals surface area contributed by atoms with Gasteiger partial charge in [-0.25, -0.2) is 17.9 Å². The molecule has 0 spiro atoms. The zero-order valence-electron chi connectivity index (χ0n) is 16.3. The normalized spacial score (nSPS) is 14.1. The number of aliphatic hydroxyl groups is 1. The minimum Gasteiger partial charge on any atom is -0.478 e. The molecule has 2 aromatic heterocycles. The summed E-state index contributed by atoms with van der Waals surface area (Å²) in [6.07, 6.45) is 3.44. The average Bonchev–Trinajstić information content (AvgIpc) is 3.48. The van der Waals surface area contributed by atoms with E-state index in [1.165, 1.54) is 28.8 Å². The molecular formula is C20H20FN3O6S. The van der Waals surface area contributed by atoms with E-state index in [9.17, 15) is 22.7 Å². The topological polar surface area (TPSA) is 130 Å². The van der Waals surface area contributed by atoms with Gasteiger partial charge >= 0.3 is 5.97 Å². The van der Waals surface area contributed by atoms with Crippen molar-refractivity contribution in [2.45, 2.75) is 18.8 Å². The lowest BCUT2D eigenvalue weighted by molar-refractivity contribution is 0.0699. The first kappa shape index (κ1) is 21.2. The molecule has 31 heavy (non-hydrogen) atoms. The van der Waals surface area contributed by atoms with Crippen LogP contribution < -0.4 is 5.32 Å². The number of nitrogens with zero attached hydrogens (tertiary/aromatic N) is 2. The van der Waals surface area contributed by atoms with Crippen LogP contribution >= 0.6 is 0 Å². The molecule has 11 heteroatoms. The van der Waals surface area contributed by atoms with Gasteiger partial charge in [-0.2, -0.15) is 13.5 Å². The number of hydrogen-bond acceptors (Lipinski definition) is 7. The molecule has 1 saturated carbocycles. The second kappa shape index (κ2) is 8.25. The van der Waals surface area contributed by atoms with Crippen LogP contribution in [0, 0.1) is 5.82 Å². The van der Waals surface area contributed by atoms with Crippen molar-refractivity contribution in [1.29, 1.82) is 0 Å². The smallest absolute Gasteiger partial charge is 0.340 e. The van der Waals surface area contributed by atoms with Gasteiger partial charge in [0.2, 0.25) is 0 Å². The molecule has 3 N–H and O–H groups in total. The Morgan fingerprint density at radius 2 is 2.00 bits per heavy atom. The molecule has 4 rings (SSSR count). The van der Waals surface area contributed by atoms with Crippen molar-refractivity contribution < 1.29 is 32.0 Å². The fourth-order valence-electron chi connectivity index (χ4n) is 3.37. The Hall–Kier alpha value is -3.02. The average molecular weight is 449 g/mol. The molecule has 0 aliphatic heterocycles. The van der Waals surface area contributed by atoms with E-state index in [-0.39, 0.29) is 23.9 Å². The van der Waals surface area contributed by atoms with Crippen molar-refractivity contribution in [2.24, 2.45) is 0 Å². The quantitative estimate of drug-likeness (QED) is 0.335. The fourth-order valence-corrected chi connectivity index (χ4v) is 3.95. The van der Waals surface area contributed by atoms with Crippen molar-refractivity contribution >= 4 is 27.3 Å². The van der Waals surface area contributed by atoms with Gasteiger partial charge in [0, 0.05) is 5.56 Å². The number of anilines is 1. The Morgan fingerprint density at radius 1 is 1.29 bits per heavy atom. The number of pyridine rings is 1. The molecule has 0 amide bonds. The predicted molar refractivity (Wildman–Crippen MR) is 110 cm³/mol. The van der Waals surface area contributed by atoms with Crippen LogP contribution in [0.4, 0.5) is 10.1 Å². The van der Waals surface area contributed by atoms with Gasteiger partial charge in [0.25, 0.3) is 10.1 Å². The summed E-state index contributed by atoms with van der Waals surface area (Å²) in [7, 11) is -3.86. The maximum absolute atomic E-state index is 13.3. The minimum absolute atomic E-state index is 0.00170. The van der Waals surface area contributed by atoms with Crippen LogP contribution in [0.2, 0.25) is 0 Å². The Balaban J connectivity index is 1.74. The lowest BCUT2D eigenvalue weighted by atomic mass is 10.0. The molecule has 0 radical (unpaired) electrons. The van der Waals surface area contributed by atoms with E-state index in [2.05, 4.69) is 10.4 Å². The first-order valence-corrected chi connectivity index (χ1v) is 11.1. The lowest BCUT2D eigenvalue weighted by Crippen LogP contribution is -2.18. The van der Waals surface area contributed by atoms with E-state index in [4.69, 9.17) is 9.29 Å². The fraction of sp³-hybridized carbons (Fsp3) is 0.300. The van der Waals surface area contributed by atoms with Gasteiger partial charge < -0.3 is 15.5 Å². The van der Waals surface area contributed by atoms with Crippen LogP contribution in [0.25, 0.3) is 16.8 Å². The molecule has 1 aromatic carbocycles. The number of aliphatic hydroxyl groups excluding tert-OH is 1. The molecule has 2 heterocycles.